The lowest BCUT2D eigenvalue weighted by Gasteiger charge is -2.19. The monoisotopic (exact) mass is 438 g/mol. The Hall–Kier alpha value is -3.06. The van der Waals surface area contributed by atoms with Crippen molar-refractivity contribution in [2.45, 2.75) is 5.78 Å². The van der Waals surface area contributed by atoms with E-state index in [0.717, 1.165) is 11.1 Å². The molecule has 2 unspecified atom stereocenters. The second-order valence-electron chi connectivity index (χ2n) is 7.33. The minimum atomic E-state index is -0.00127. The summed E-state index contributed by atoms with van der Waals surface area (Å²) in [5, 5.41) is 0. The SMILES string of the molecule is ClC1=NC(c2ccc(-c3ccccc3)cc2)=NC(c2ccc(-c3ccccc3)cc2)P1. The third-order valence-electron chi connectivity index (χ3n) is 5.30. The second-order valence-corrected chi connectivity index (χ2v) is 9.32. The standard InChI is InChI=1S/C27H20ClN2P/c28-27-30-25(23-15-11-21(12-16-23)19-7-3-1-4-8-19)29-26(31-27)24-17-13-22(14-18-24)20-9-5-2-6-10-20/h1-18,26,31H. The first-order valence-electron chi connectivity index (χ1n) is 10.2. The van der Waals surface area contributed by atoms with Crippen LogP contribution in [-0.2, 0) is 0 Å². The van der Waals surface area contributed by atoms with Gasteiger partial charge < -0.3 is 0 Å². The van der Waals surface area contributed by atoms with Crippen molar-refractivity contribution in [3.63, 3.8) is 0 Å². The average molecular weight is 439 g/mol. The van der Waals surface area contributed by atoms with E-state index in [-0.39, 0.29) is 5.78 Å². The quantitative estimate of drug-likeness (QED) is 0.291. The molecule has 2 nitrogen and oxygen atoms in total. The molecule has 31 heavy (non-hydrogen) atoms. The molecule has 0 saturated carbocycles. The molecule has 5 rings (SSSR count). The molecule has 0 aromatic heterocycles. The zero-order chi connectivity index (χ0) is 21.0. The maximum Gasteiger partial charge on any atom is 0.157 e. The topological polar surface area (TPSA) is 24.7 Å². The van der Waals surface area contributed by atoms with Crippen molar-refractivity contribution >= 4 is 30.9 Å². The molecule has 0 saturated heterocycles. The van der Waals surface area contributed by atoms with Crippen LogP contribution in [0.2, 0.25) is 0 Å². The van der Waals surface area contributed by atoms with Crippen LogP contribution in [0.3, 0.4) is 0 Å². The summed E-state index contributed by atoms with van der Waals surface area (Å²) < 4.78 is 0. The van der Waals surface area contributed by atoms with Crippen molar-refractivity contribution in [2.24, 2.45) is 9.98 Å². The molecule has 4 aromatic carbocycles. The van der Waals surface area contributed by atoms with Crippen molar-refractivity contribution in [1.29, 1.82) is 0 Å². The van der Waals surface area contributed by atoms with E-state index >= 15 is 0 Å². The zero-order valence-electron chi connectivity index (χ0n) is 16.7. The molecule has 0 N–H and O–H groups in total. The van der Waals surface area contributed by atoms with E-state index in [2.05, 4.69) is 89.9 Å². The summed E-state index contributed by atoms with van der Waals surface area (Å²) in [6, 6.07) is 37.7. The number of nitrogens with zero attached hydrogens (tertiary/aromatic N) is 2. The predicted octanol–water partition coefficient (Wildman–Crippen LogP) is 7.75. The van der Waals surface area contributed by atoms with Gasteiger partial charge in [-0.15, -0.1) is 0 Å². The van der Waals surface area contributed by atoms with Gasteiger partial charge in [0.15, 0.2) is 5.84 Å². The second kappa shape index (κ2) is 8.98. The van der Waals surface area contributed by atoms with Gasteiger partial charge in [0.05, 0.1) is 0 Å². The van der Waals surface area contributed by atoms with E-state index in [1.54, 1.807) is 0 Å². The lowest BCUT2D eigenvalue weighted by Crippen LogP contribution is -2.07. The van der Waals surface area contributed by atoms with Gasteiger partial charge in [-0.25, -0.2) is 4.99 Å². The average Bonchev–Trinajstić information content (AvgIpc) is 2.85. The molecule has 0 fully saturated rings. The maximum atomic E-state index is 6.44. The minimum absolute atomic E-state index is 0.00127. The van der Waals surface area contributed by atoms with Crippen molar-refractivity contribution in [2.75, 3.05) is 0 Å². The molecule has 0 spiro atoms. The van der Waals surface area contributed by atoms with Crippen molar-refractivity contribution in [1.82, 2.24) is 0 Å². The van der Waals surface area contributed by atoms with E-state index in [4.69, 9.17) is 16.6 Å². The number of halogens is 1. The van der Waals surface area contributed by atoms with Gasteiger partial charge in [0.1, 0.15) is 10.7 Å². The van der Waals surface area contributed by atoms with Gasteiger partial charge in [-0.1, -0.05) is 121 Å². The highest BCUT2D eigenvalue weighted by Gasteiger charge is 2.20. The summed E-state index contributed by atoms with van der Waals surface area (Å²) in [4.78, 5) is 10.1. The van der Waals surface area contributed by atoms with Crippen molar-refractivity contribution in [3.8, 4) is 22.3 Å². The molecular weight excluding hydrogens is 419 g/mol. The number of hydrogen-bond donors (Lipinski definition) is 0. The molecule has 0 radical (unpaired) electrons. The number of amidine groups is 1. The lowest BCUT2D eigenvalue weighted by atomic mass is 10.0. The third-order valence-corrected chi connectivity index (χ3v) is 6.79. The first-order valence-corrected chi connectivity index (χ1v) is 11.6. The molecule has 0 bridgehead atoms. The van der Waals surface area contributed by atoms with Crippen LogP contribution in [0.5, 0.6) is 0 Å². The van der Waals surface area contributed by atoms with Crippen LogP contribution >= 0.6 is 20.2 Å². The largest absolute Gasteiger partial charge is 0.253 e. The highest BCUT2D eigenvalue weighted by atomic mass is 35.5. The zero-order valence-corrected chi connectivity index (χ0v) is 18.5. The Morgan fingerprint density at radius 3 is 1.55 bits per heavy atom. The summed E-state index contributed by atoms with van der Waals surface area (Å²) in [6.07, 6.45) is 0. The van der Waals surface area contributed by atoms with Crippen LogP contribution < -0.4 is 0 Å². The Kier molecular flexibility index (Phi) is 5.76. The van der Waals surface area contributed by atoms with Gasteiger partial charge >= 0.3 is 0 Å². The Labute approximate surface area is 189 Å². The van der Waals surface area contributed by atoms with Gasteiger partial charge in [-0.2, -0.15) is 0 Å². The summed E-state index contributed by atoms with van der Waals surface area (Å²) in [7, 11) is 0.341. The molecule has 1 heterocycles. The van der Waals surface area contributed by atoms with Crippen LogP contribution in [0.1, 0.15) is 16.9 Å². The van der Waals surface area contributed by atoms with Crippen molar-refractivity contribution < 1.29 is 0 Å². The maximum absolute atomic E-state index is 6.44. The molecule has 1 aliphatic heterocycles. The van der Waals surface area contributed by atoms with E-state index in [1.165, 1.54) is 22.3 Å². The Morgan fingerprint density at radius 1 is 0.548 bits per heavy atom. The Bertz CT molecular complexity index is 1230. The lowest BCUT2D eigenvalue weighted by molar-refractivity contribution is 1.02. The predicted molar refractivity (Wildman–Crippen MR) is 135 cm³/mol. The third kappa shape index (κ3) is 4.51. The summed E-state index contributed by atoms with van der Waals surface area (Å²) in [6.45, 7) is 0. The van der Waals surface area contributed by atoms with Gasteiger partial charge in [0, 0.05) is 5.56 Å². The first kappa shape index (κ1) is 19.9. The van der Waals surface area contributed by atoms with Gasteiger partial charge in [0.2, 0.25) is 0 Å². The fourth-order valence-corrected chi connectivity index (χ4v) is 4.98. The summed E-state index contributed by atoms with van der Waals surface area (Å²) >= 11 is 6.44. The van der Waals surface area contributed by atoms with Crippen LogP contribution in [0, 0.1) is 0 Å². The summed E-state index contributed by atoms with van der Waals surface area (Å²) in [5.74, 6) is 0.694. The molecule has 0 aliphatic carbocycles. The molecule has 4 aromatic rings. The van der Waals surface area contributed by atoms with Crippen LogP contribution in [0.15, 0.2) is 119 Å². The molecule has 150 valence electrons. The molecule has 1 aliphatic rings. The molecule has 4 heteroatoms. The van der Waals surface area contributed by atoms with Gasteiger partial charge in [0.25, 0.3) is 0 Å². The number of rotatable bonds is 4. The van der Waals surface area contributed by atoms with Crippen LogP contribution in [0.4, 0.5) is 0 Å². The minimum Gasteiger partial charge on any atom is -0.253 e. The Morgan fingerprint density at radius 2 is 1.00 bits per heavy atom. The highest BCUT2D eigenvalue weighted by Crippen LogP contribution is 2.42. The normalized spacial score (nSPS) is 16.6. The van der Waals surface area contributed by atoms with Crippen LogP contribution in [-0.4, -0.2) is 10.7 Å². The molecular formula is C27H20ClN2P. The van der Waals surface area contributed by atoms with E-state index in [1.807, 2.05) is 24.3 Å². The summed E-state index contributed by atoms with van der Waals surface area (Å²) in [5.41, 5.74) is 6.91. The fraction of sp³-hybridized carbons (Fsp3) is 0.0370. The fourth-order valence-electron chi connectivity index (χ4n) is 3.65. The number of aliphatic imine (C=N–C) groups is 2. The van der Waals surface area contributed by atoms with Gasteiger partial charge in [-0.05, 0) is 36.4 Å². The number of hydrogen-bond acceptors (Lipinski definition) is 2. The van der Waals surface area contributed by atoms with Gasteiger partial charge in [-0.3, -0.25) is 4.99 Å². The number of benzene rings is 4. The van der Waals surface area contributed by atoms with E-state index in [0.29, 0.717) is 19.3 Å². The van der Waals surface area contributed by atoms with E-state index in [9.17, 15) is 0 Å². The molecule has 2 atom stereocenters. The Balaban J connectivity index is 1.40. The molecule has 0 amide bonds. The highest BCUT2D eigenvalue weighted by molar-refractivity contribution is 7.65. The van der Waals surface area contributed by atoms with E-state index < -0.39 is 0 Å². The first-order chi connectivity index (χ1) is 15.3. The van der Waals surface area contributed by atoms with Crippen LogP contribution in [0.25, 0.3) is 22.3 Å². The van der Waals surface area contributed by atoms with Crippen molar-refractivity contribution in [3.05, 3.63) is 120 Å². The smallest absolute Gasteiger partial charge is 0.157 e.